The van der Waals surface area contributed by atoms with Crippen LogP contribution in [0.3, 0.4) is 0 Å². The molecule has 0 saturated carbocycles. The van der Waals surface area contributed by atoms with Gasteiger partial charge in [-0.3, -0.25) is 0 Å². The van der Waals surface area contributed by atoms with Gasteiger partial charge in [0.2, 0.25) is 0 Å². The van der Waals surface area contributed by atoms with Crippen molar-refractivity contribution in [2.24, 2.45) is 0 Å². The minimum atomic E-state index is -1.93. The molecule has 2 aromatic heterocycles. The molecule has 17 heavy (non-hydrogen) atoms. The molecule has 0 saturated heterocycles. The van der Waals surface area contributed by atoms with Crippen LogP contribution < -0.4 is 8.58 Å². The average Bonchev–Trinajstić information content (AvgIpc) is 3.02. The van der Waals surface area contributed by atoms with Crippen molar-refractivity contribution >= 4 is 8.58 Å². The van der Waals surface area contributed by atoms with E-state index in [1.54, 1.807) is 0 Å². The third-order valence-electron chi connectivity index (χ3n) is 2.79. The molecule has 0 aliphatic heterocycles. The Kier molecular flexibility index (Phi) is 4.22. The fraction of sp³-hybridized carbons (Fsp3) is 0.429. The van der Waals surface area contributed by atoms with Gasteiger partial charge in [0.1, 0.15) is 0 Å². The molecule has 0 aromatic carbocycles. The van der Waals surface area contributed by atoms with Crippen molar-refractivity contribution in [3.63, 3.8) is 0 Å². The van der Waals surface area contributed by atoms with Gasteiger partial charge in [0.05, 0.1) is 0 Å². The Bertz CT molecular complexity index is 375. The van der Waals surface area contributed by atoms with Crippen molar-refractivity contribution < 1.29 is 14.8 Å². The standard InChI is InChI=1S/2C4H4N.2C3H7.Ru/c2*1-2-4-5-3-1;2*1-3-2;/h2*1-3,5H;2*1,3H2,2H3;. The van der Waals surface area contributed by atoms with E-state index in [0.29, 0.717) is 0 Å². The fourth-order valence-electron chi connectivity index (χ4n) is 2.20. The molecule has 96 valence electrons. The van der Waals surface area contributed by atoms with Crippen LogP contribution in [0.4, 0.5) is 0 Å². The molecule has 0 amide bonds. The van der Waals surface area contributed by atoms with E-state index in [0.717, 1.165) is 0 Å². The van der Waals surface area contributed by atoms with Crippen molar-refractivity contribution in [3.8, 4) is 0 Å². The first-order chi connectivity index (χ1) is 8.33. The van der Waals surface area contributed by atoms with Gasteiger partial charge in [-0.15, -0.1) is 0 Å². The number of aromatic nitrogens is 2. The minimum absolute atomic E-state index is 1.27. The Balaban J connectivity index is 2.46. The van der Waals surface area contributed by atoms with Crippen molar-refractivity contribution in [2.45, 2.75) is 36.7 Å². The number of hydrogen-bond donors (Lipinski definition) is 2. The number of H-pyrrole nitrogens is 2. The van der Waals surface area contributed by atoms with Crippen LogP contribution in [0.1, 0.15) is 26.7 Å². The molecule has 0 aliphatic rings. The molecule has 0 fully saturated rings. The van der Waals surface area contributed by atoms with Gasteiger partial charge >= 0.3 is 107 Å². The third kappa shape index (κ3) is 2.40. The molecule has 2 heterocycles. The van der Waals surface area contributed by atoms with Crippen LogP contribution >= 0.6 is 0 Å². The SMILES string of the molecule is CC[CH2][Ru]([CH2]CC)([c]1ccc[nH]1)[c]1ccc[nH]1. The zero-order valence-electron chi connectivity index (χ0n) is 10.6. The van der Waals surface area contributed by atoms with Crippen LogP contribution in [0, 0.1) is 0 Å². The summed E-state index contributed by atoms with van der Waals surface area (Å²) in [6, 6.07) is 8.86. The summed E-state index contributed by atoms with van der Waals surface area (Å²) in [7, 11) is 0. The topological polar surface area (TPSA) is 31.6 Å². The summed E-state index contributed by atoms with van der Waals surface area (Å²) in [6.45, 7) is 4.61. The van der Waals surface area contributed by atoms with E-state index in [-0.39, 0.29) is 0 Å². The summed E-state index contributed by atoms with van der Waals surface area (Å²) in [4.78, 5) is 6.98. The number of rotatable bonds is 6. The van der Waals surface area contributed by atoms with E-state index in [1.165, 1.54) is 31.4 Å². The van der Waals surface area contributed by atoms with Gasteiger partial charge in [0.25, 0.3) is 0 Å². The monoisotopic (exact) mass is 320 g/mol. The first kappa shape index (κ1) is 12.6. The molecule has 3 heteroatoms. The van der Waals surface area contributed by atoms with Gasteiger partial charge in [-0.05, 0) is 0 Å². The first-order valence-corrected chi connectivity index (χ1v) is 10.5. The van der Waals surface area contributed by atoms with Crippen molar-refractivity contribution in [1.82, 2.24) is 9.97 Å². The second-order valence-corrected chi connectivity index (χ2v) is 11.5. The predicted molar refractivity (Wildman–Crippen MR) is 71.0 cm³/mol. The number of hydrogen-bond acceptors (Lipinski definition) is 0. The van der Waals surface area contributed by atoms with Gasteiger partial charge in [-0.1, -0.05) is 0 Å². The number of aromatic amines is 2. The van der Waals surface area contributed by atoms with Gasteiger partial charge < -0.3 is 0 Å². The summed E-state index contributed by atoms with van der Waals surface area (Å²) in [5.41, 5.74) is 0. The van der Waals surface area contributed by atoms with Crippen LogP contribution in [0.15, 0.2) is 36.7 Å². The van der Waals surface area contributed by atoms with Gasteiger partial charge in [0, 0.05) is 0 Å². The molecule has 0 aliphatic carbocycles. The summed E-state index contributed by atoms with van der Waals surface area (Å²) in [6.07, 6.45) is 6.67. The van der Waals surface area contributed by atoms with Gasteiger partial charge in [-0.25, -0.2) is 0 Å². The van der Waals surface area contributed by atoms with Crippen LogP contribution in [-0.4, -0.2) is 9.97 Å². The molecule has 0 spiro atoms. The summed E-state index contributed by atoms with van der Waals surface area (Å²) in [5.74, 6) is 0. The Labute approximate surface area is 107 Å². The van der Waals surface area contributed by atoms with E-state index in [4.69, 9.17) is 0 Å². The summed E-state index contributed by atoms with van der Waals surface area (Å²) < 4.78 is 3.01. The summed E-state index contributed by atoms with van der Waals surface area (Å²) >= 11 is -1.93. The Morgan fingerprint density at radius 2 is 1.35 bits per heavy atom. The van der Waals surface area contributed by atoms with E-state index < -0.39 is 14.8 Å². The quantitative estimate of drug-likeness (QED) is 0.767. The Hall–Kier alpha value is -0.817. The first-order valence-electron chi connectivity index (χ1n) is 6.26. The predicted octanol–water partition coefficient (Wildman–Crippen LogP) is 3.10. The van der Waals surface area contributed by atoms with E-state index in [2.05, 4.69) is 60.5 Å². The summed E-state index contributed by atoms with van der Waals surface area (Å²) in [5, 5.41) is 2.70. The van der Waals surface area contributed by atoms with Crippen LogP contribution in [0.5, 0.6) is 0 Å². The van der Waals surface area contributed by atoms with Crippen LogP contribution in [0.2, 0.25) is 10.0 Å². The zero-order valence-corrected chi connectivity index (χ0v) is 12.4. The zero-order chi connectivity index (χ0) is 12.1. The second-order valence-electron chi connectivity index (χ2n) is 4.13. The molecule has 0 unspecified atom stereocenters. The molecule has 0 radical (unpaired) electrons. The normalized spacial score (nSPS) is 12.8. The van der Waals surface area contributed by atoms with E-state index in [9.17, 15) is 0 Å². The molecular weight excluding hydrogens is 297 g/mol. The van der Waals surface area contributed by atoms with Gasteiger partial charge in [-0.2, -0.15) is 0 Å². The van der Waals surface area contributed by atoms with E-state index in [1.807, 2.05) is 0 Å². The van der Waals surface area contributed by atoms with E-state index >= 15 is 0 Å². The molecule has 2 N–H and O–H groups in total. The van der Waals surface area contributed by atoms with Crippen molar-refractivity contribution in [1.29, 1.82) is 0 Å². The second kappa shape index (κ2) is 5.68. The average molecular weight is 319 g/mol. The molecule has 2 aromatic rings. The van der Waals surface area contributed by atoms with Crippen LogP contribution in [0.25, 0.3) is 0 Å². The van der Waals surface area contributed by atoms with Crippen molar-refractivity contribution in [2.75, 3.05) is 0 Å². The van der Waals surface area contributed by atoms with Crippen LogP contribution in [-0.2, 0) is 14.8 Å². The third-order valence-corrected chi connectivity index (χ3v) is 12.2. The molecular formula is C14H22N2Ru. The van der Waals surface area contributed by atoms with Crippen molar-refractivity contribution in [3.05, 3.63) is 36.7 Å². The molecule has 0 atom stereocenters. The number of nitrogens with one attached hydrogen (secondary N) is 2. The Morgan fingerprint density at radius 3 is 1.65 bits per heavy atom. The fourth-order valence-corrected chi connectivity index (χ4v) is 10.7. The van der Waals surface area contributed by atoms with Gasteiger partial charge in [0.15, 0.2) is 0 Å². The Morgan fingerprint density at radius 1 is 0.882 bits per heavy atom. The maximum absolute atomic E-state index is 3.49. The maximum atomic E-state index is 3.49. The molecule has 0 bridgehead atoms. The molecule has 2 rings (SSSR count). The molecule has 2 nitrogen and oxygen atoms in total.